The maximum atomic E-state index is 12.3. The first-order valence-electron chi connectivity index (χ1n) is 6.88. The summed E-state index contributed by atoms with van der Waals surface area (Å²) in [5, 5.41) is 5.08. The van der Waals surface area contributed by atoms with E-state index in [9.17, 15) is 13.2 Å². The molecular formula is C14H20N2O4S. The van der Waals surface area contributed by atoms with Crippen LogP contribution in [0.1, 0.15) is 29.6 Å². The topological polar surface area (TPSA) is 89.7 Å². The highest BCUT2D eigenvalue weighted by Gasteiger charge is 2.20. The van der Waals surface area contributed by atoms with Gasteiger partial charge in [-0.15, -0.1) is 0 Å². The van der Waals surface area contributed by atoms with E-state index < -0.39 is 10.0 Å². The quantitative estimate of drug-likeness (QED) is 0.897. The van der Waals surface area contributed by atoms with Crippen molar-refractivity contribution in [1.29, 1.82) is 0 Å². The van der Waals surface area contributed by atoms with Gasteiger partial charge in [0, 0.05) is 25.8 Å². The number of sulfonamides is 1. The lowest BCUT2D eigenvalue weighted by Crippen LogP contribution is -2.37. The van der Waals surface area contributed by atoms with Crippen LogP contribution in [0.5, 0.6) is 0 Å². The molecule has 1 amide bonds. The van der Waals surface area contributed by atoms with Gasteiger partial charge in [-0.1, -0.05) is 6.07 Å². The third-order valence-electron chi connectivity index (χ3n) is 3.51. The second-order valence-electron chi connectivity index (χ2n) is 5.25. The van der Waals surface area contributed by atoms with Crippen LogP contribution in [0.4, 0.5) is 0 Å². The summed E-state index contributed by atoms with van der Waals surface area (Å²) in [6.45, 7) is 1.23. The normalized spacial score (nSPS) is 19.2. The molecule has 2 N–H and O–H groups in total. The summed E-state index contributed by atoms with van der Waals surface area (Å²) in [7, 11) is -2.12. The number of hydrogen-bond donors (Lipinski definition) is 1. The van der Waals surface area contributed by atoms with Crippen LogP contribution in [-0.4, -0.2) is 45.5 Å². The largest absolute Gasteiger partial charge is 0.376 e. The summed E-state index contributed by atoms with van der Waals surface area (Å²) in [5.74, 6) is -0.241. The molecule has 0 radical (unpaired) electrons. The van der Waals surface area contributed by atoms with Crippen LogP contribution in [0.2, 0.25) is 0 Å². The van der Waals surface area contributed by atoms with Gasteiger partial charge in [-0.2, -0.15) is 0 Å². The predicted molar refractivity (Wildman–Crippen MR) is 78.4 cm³/mol. The van der Waals surface area contributed by atoms with Crippen LogP contribution in [0, 0.1) is 0 Å². The Labute approximate surface area is 124 Å². The number of benzene rings is 1. The summed E-state index contributed by atoms with van der Waals surface area (Å²) in [5.41, 5.74) is 0.305. The van der Waals surface area contributed by atoms with Crippen molar-refractivity contribution in [2.75, 3.05) is 20.2 Å². The molecule has 0 unspecified atom stereocenters. The van der Waals surface area contributed by atoms with E-state index in [-0.39, 0.29) is 16.9 Å². The fourth-order valence-corrected chi connectivity index (χ4v) is 2.93. The maximum Gasteiger partial charge on any atom is 0.253 e. The Hall–Kier alpha value is -1.44. The molecule has 1 fully saturated rings. The molecule has 0 saturated carbocycles. The van der Waals surface area contributed by atoms with E-state index in [1.165, 1.54) is 18.2 Å². The molecule has 0 aromatic heterocycles. The van der Waals surface area contributed by atoms with E-state index in [1.54, 1.807) is 18.0 Å². The molecule has 0 aliphatic carbocycles. The van der Waals surface area contributed by atoms with E-state index >= 15 is 0 Å². The van der Waals surface area contributed by atoms with Crippen molar-refractivity contribution in [3.8, 4) is 0 Å². The molecular weight excluding hydrogens is 292 g/mol. The second kappa shape index (κ2) is 6.55. The summed E-state index contributed by atoms with van der Waals surface area (Å²) in [4.78, 5) is 13.8. The molecule has 21 heavy (non-hydrogen) atoms. The molecule has 1 aromatic carbocycles. The van der Waals surface area contributed by atoms with Crippen molar-refractivity contribution < 1.29 is 17.9 Å². The Morgan fingerprint density at radius 2 is 2.19 bits per heavy atom. The van der Waals surface area contributed by atoms with Gasteiger partial charge >= 0.3 is 0 Å². The Morgan fingerprint density at radius 1 is 1.43 bits per heavy atom. The van der Waals surface area contributed by atoms with Gasteiger partial charge in [0.2, 0.25) is 10.0 Å². The highest BCUT2D eigenvalue weighted by atomic mass is 32.2. The smallest absolute Gasteiger partial charge is 0.253 e. The molecule has 7 heteroatoms. The van der Waals surface area contributed by atoms with Crippen molar-refractivity contribution in [2.24, 2.45) is 5.14 Å². The number of amides is 1. The number of carbonyl (C=O) groups is 1. The van der Waals surface area contributed by atoms with Gasteiger partial charge in [0.15, 0.2) is 0 Å². The van der Waals surface area contributed by atoms with E-state index in [2.05, 4.69) is 0 Å². The Balaban J connectivity index is 2.08. The van der Waals surface area contributed by atoms with E-state index in [0.717, 1.165) is 25.9 Å². The lowest BCUT2D eigenvalue weighted by molar-refractivity contribution is -0.000192. The number of hydrogen-bond acceptors (Lipinski definition) is 4. The van der Waals surface area contributed by atoms with Gasteiger partial charge in [-0.3, -0.25) is 4.79 Å². The first kappa shape index (κ1) is 15.9. The van der Waals surface area contributed by atoms with Gasteiger partial charge in [-0.05, 0) is 37.5 Å². The van der Waals surface area contributed by atoms with E-state index in [0.29, 0.717) is 12.1 Å². The van der Waals surface area contributed by atoms with Crippen LogP contribution in [0.25, 0.3) is 0 Å². The SMILES string of the molecule is CN(C[C@@H]1CCCCO1)C(=O)c1cccc(S(N)(=O)=O)c1. The summed E-state index contributed by atoms with van der Waals surface area (Å²) >= 11 is 0. The van der Waals surface area contributed by atoms with Crippen LogP contribution < -0.4 is 5.14 Å². The zero-order chi connectivity index (χ0) is 15.5. The van der Waals surface area contributed by atoms with Crippen molar-refractivity contribution in [3.63, 3.8) is 0 Å². The molecule has 116 valence electrons. The van der Waals surface area contributed by atoms with Crippen molar-refractivity contribution >= 4 is 15.9 Å². The third-order valence-corrected chi connectivity index (χ3v) is 4.42. The number of rotatable bonds is 4. The van der Waals surface area contributed by atoms with Crippen LogP contribution in [0.3, 0.4) is 0 Å². The molecule has 1 aliphatic heterocycles. The molecule has 1 heterocycles. The lowest BCUT2D eigenvalue weighted by atomic mass is 10.1. The van der Waals surface area contributed by atoms with Gasteiger partial charge in [-0.25, -0.2) is 13.6 Å². The average molecular weight is 312 g/mol. The molecule has 0 spiro atoms. The van der Waals surface area contributed by atoms with Crippen molar-refractivity contribution in [2.45, 2.75) is 30.3 Å². The van der Waals surface area contributed by atoms with Crippen molar-refractivity contribution in [3.05, 3.63) is 29.8 Å². The number of nitrogens with two attached hydrogens (primary N) is 1. The van der Waals surface area contributed by atoms with Gasteiger partial charge in [0.05, 0.1) is 11.0 Å². The summed E-state index contributed by atoms with van der Waals surface area (Å²) in [6.07, 6.45) is 3.15. The monoisotopic (exact) mass is 312 g/mol. The lowest BCUT2D eigenvalue weighted by Gasteiger charge is -2.27. The molecule has 0 bridgehead atoms. The minimum atomic E-state index is -3.81. The first-order chi connectivity index (χ1) is 9.88. The van der Waals surface area contributed by atoms with Gasteiger partial charge in [0.25, 0.3) is 5.91 Å². The van der Waals surface area contributed by atoms with Crippen LogP contribution >= 0.6 is 0 Å². The zero-order valence-electron chi connectivity index (χ0n) is 12.0. The average Bonchev–Trinajstić information content (AvgIpc) is 2.46. The Morgan fingerprint density at radius 3 is 2.81 bits per heavy atom. The predicted octanol–water partition coefficient (Wildman–Crippen LogP) is 0.975. The van der Waals surface area contributed by atoms with Crippen LogP contribution in [0.15, 0.2) is 29.2 Å². The van der Waals surface area contributed by atoms with E-state index in [4.69, 9.17) is 9.88 Å². The Kier molecular flexibility index (Phi) is 4.97. The highest BCUT2D eigenvalue weighted by molar-refractivity contribution is 7.89. The number of primary sulfonamides is 1. The minimum Gasteiger partial charge on any atom is -0.376 e. The molecule has 1 aliphatic rings. The van der Waals surface area contributed by atoms with Crippen molar-refractivity contribution in [1.82, 2.24) is 4.90 Å². The third kappa shape index (κ3) is 4.26. The van der Waals surface area contributed by atoms with Gasteiger partial charge in [0.1, 0.15) is 0 Å². The molecule has 6 nitrogen and oxygen atoms in total. The molecule has 1 aromatic rings. The number of nitrogens with zero attached hydrogens (tertiary/aromatic N) is 1. The fourth-order valence-electron chi connectivity index (χ4n) is 2.37. The fraction of sp³-hybridized carbons (Fsp3) is 0.500. The maximum absolute atomic E-state index is 12.3. The second-order valence-corrected chi connectivity index (χ2v) is 6.81. The highest BCUT2D eigenvalue weighted by Crippen LogP contribution is 2.16. The number of ether oxygens (including phenoxy) is 1. The number of likely N-dealkylation sites (N-methyl/N-ethyl adjacent to an activating group) is 1. The van der Waals surface area contributed by atoms with Gasteiger partial charge < -0.3 is 9.64 Å². The molecule has 2 rings (SSSR count). The summed E-state index contributed by atoms with van der Waals surface area (Å²) < 4.78 is 28.3. The minimum absolute atomic E-state index is 0.0501. The Bertz CT molecular complexity index is 609. The van der Waals surface area contributed by atoms with Crippen LogP contribution in [-0.2, 0) is 14.8 Å². The molecule has 1 atom stereocenters. The van der Waals surface area contributed by atoms with E-state index in [1.807, 2.05) is 0 Å². The zero-order valence-corrected chi connectivity index (χ0v) is 12.8. The molecule has 1 saturated heterocycles. The first-order valence-corrected chi connectivity index (χ1v) is 8.42. The number of carbonyl (C=O) groups excluding carboxylic acids is 1. The summed E-state index contributed by atoms with van der Waals surface area (Å²) in [6, 6.07) is 5.76. The standard InChI is InChI=1S/C14H20N2O4S/c1-16(10-12-6-2-3-8-20-12)14(17)11-5-4-7-13(9-11)21(15,18)19/h4-5,7,9,12H,2-3,6,8,10H2,1H3,(H2,15,18,19)/t12-/m0/s1.